The second-order valence-corrected chi connectivity index (χ2v) is 14.9. The molecule has 11 aromatic rings. The molecule has 4 aromatic heterocycles. The predicted molar refractivity (Wildman–Crippen MR) is 210 cm³/mol. The molecule has 0 amide bonds. The Kier molecular flexibility index (Phi) is 4.66. The molecule has 0 fully saturated rings. The van der Waals surface area contributed by atoms with Gasteiger partial charge in [-0.25, -0.2) is 9.97 Å². The minimum absolute atomic E-state index is 0.151. The van der Waals surface area contributed by atoms with Gasteiger partial charge < -0.3 is 8.83 Å². The molecule has 0 unspecified atom stereocenters. The molecule has 5 heteroatoms. The number of nitrogens with zero attached hydrogens (tertiary/aromatic N) is 3. The quantitative estimate of drug-likeness (QED) is 0.184. The van der Waals surface area contributed by atoms with Crippen molar-refractivity contribution in [3.05, 3.63) is 139 Å². The first-order valence-corrected chi connectivity index (χ1v) is 17.8. The number of hydrogen-bond donors (Lipinski definition) is 0. The normalized spacial score (nSPS) is 14.1. The van der Waals surface area contributed by atoms with Crippen LogP contribution >= 0.6 is 0 Å². The summed E-state index contributed by atoms with van der Waals surface area (Å²) >= 11 is 0. The molecule has 0 bridgehead atoms. The molecule has 7 aromatic carbocycles. The van der Waals surface area contributed by atoms with Crippen LogP contribution in [0.4, 0.5) is 0 Å². The highest BCUT2D eigenvalue weighted by atomic mass is 16.3. The molecule has 0 N–H and O–H groups in total. The maximum Gasteiger partial charge on any atom is 0.236 e. The minimum atomic E-state index is -0.151. The third kappa shape index (κ3) is 3.09. The largest absolute Gasteiger partial charge is 0.456 e. The molecule has 0 radical (unpaired) electrons. The molecule has 52 heavy (non-hydrogen) atoms. The van der Waals surface area contributed by atoms with Crippen LogP contribution in [-0.2, 0) is 5.41 Å². The molecule has 5 nitrogen and oxygen atoms in total. The van der Waals surface area contributed by atoms with Crippen molar-refractivity contribution in [3.63, 3.8) is 0 Å². The molecule has 0 saturated heterocycles. The summed E-state index contributed by atoms with van der Waals surface area (Å²) in [7, 11) is 0. The zero-order valence-corrected chi connectivity index (χ0v) is 28.3. The van der Waals surface area contributed by atoms with Crippen LogP contribution in [0.3, 0.4) is 0 Å². The Hall–Kier alpha value is -6.72. The van der Waals surface area contributed by atoms with E-state index in [-0.39, 0.29) is 5.41 Å². The second kappa shape index (κ2) is 8.95. The highest BCUT2D eigenvalue weighted by Crippen LogP contribution is 2.52. The van der Waals surface area contributed by atoms with Gasteiger partial charge in [-0.2, -0.15) is 0 Å². The average Bonchev–Trinajstić information content (AvgIpc) is 3.88. The van der Waals surface area contributed by atoms with Gasteiger partial charge in [0.2, 0.25) is 5.95 Å². The smallest absolute Gasteiger partial charge is 0.236 e. The lowest BCUT2D eigenvalue weighted by Gasteiger charge is -2.22. The lowest BCUT2D eigenvalue weighted by Crippen LogP contribution is -2.15. The Morgan fingerprint density at radius 3 is 2.15 bits per heavy atom. The molecular weight excluding hydrogens is 639 g/mol. The van der Waals surface area contributed by atoms with E-state index in [0.29, 0.717) is 11.5 Å². The van der Waals surface area contributed by atoms with Crippen LogP contribution in [0.5, 0.6) is 0 Å². The second-order valence-electron chi connectivity index (χ2n) is 14.9. The van der Waals surface area contributed by atoms with E-state index in [1.54, 1.807) is 0 Å². The van der Waals surface area contributed by atoms with Gasteiger partial charge >= 0.3 is 0 Å². The summed E-state index contributed by atoms with van der Waals surface area (Å²) in [4.78, 5) is 10.9. The summed E-state index contributed by atoms with van der Waals surface area (Å²) in [5, 5.41) is 8.10. The Balaban J connectivity index is 1.18. The summed E-state index contributed by atoms with van der Waals surface area (Å²) in [6.45, 7) is 4.63. The van der Waals surface area contributed by atoms with Gasteiger partial charge in [0.15, 0.2) is 5.58 Å². The first kappa shape index (κ1) is 27.1. The van der Waals surface area contributed by atoms with E-state index in [9.17, 15) is 0 Å². The standard InChI is InChI=1S/C47H27N3O2/c1-47(2)31-14-5-3-10-26(31)27-19-17-25(23-32(27)47)43-45-44(30-11-4-6-15-35(30)52-45)49-46(48-43)50-33-20-18-24-9-7-12-28-29-13-8-16-36-39(29)42-37(51-36)22-21-34(50)41(42)40(33)38(24)28/h3-23H,1-2H3. The lowest BCUT2D eigenvalue weighted by molar-refractivity contribution is 0.659. The molecule has 2 aliphatic carbocycles. The Morgan fingerprint density at radius 2 is 1.23 bits per heavy atom. The summed E-state index contributed by atoms with van der Waals surface area (Å²) < 4.78 is 15.4. The molecule has 0 spiro atoms. The number of hydrogen-bond acceptors (Lipinski definition) is 4. The maximum absolute atomic E-state index is 6.63. The maximum atomic E-state index is 6.63. The van der Waals surface area contributed by atoms with Gasteiger partial charge in [0.05, 0.1) is 11.0 Å². The Labute approximate surface area is 296 Å². The van der Waals surface area contributed by atoms with Gasteiger partial charge in [0.25, 0.3) is 0 Å². The number of aromatic nitrogens is 3. The van der Waals surface area contributed by atoms with Gasteiger partial charge in [-0.15, -0.1) is 0 Å². The number of para-hydroxylation sites is 1. The van der Waals surface area contributed by atoms with Crippen molar-refractivity contribution in [2.24, 2.45) is 0 Å². The van der Waals surface area contributed by atoms with Crippen LogP contribution in [0.25, 0.3) is 116 Å². The average molecular weight is 666 g/mol. The monoisotopic (exact) mass is 665 g/mol. The number of fused-ring (bicyclic) bond motifs is 7. The van der Waals surface area contributed by atoms with Crippen molar-refractivity contribution < 1.29 is 8.83 Å². The van der Waals surface area contributed by atoms with Gasteiger partial charge in [-0.3, -0.25) is 4.57 Å². The predicted octanol–water partition coefficient (Wildman–Crippen LogP) is 12.5. The fourth-order valence-electron chi connectivity index (χ4n) is 9.67. The van der Waals surface area contributed by atoms with Gasteiger partial charge in [-0.05, 0) is 86.6 Å². The first-order chi connectivity index (χ1) is 25.5. The van der Waals surface area contributed by atoms with E-state index in [1.807, 2.05) is 18.2 Å². The van der Waals surface area contributed by atoms with Crippen molar-refractivity contribution in [2.45, 2.75) is 19.3 Å². The van der Waals surface area contributed by atoms with Crippen LogP contribution in [0.15, 0.2) is 136 Å². The van der Waals surface area contributed by atoms with E-state index in [1.165, 1.54) is 54.9 Å². The van der Waals surface area contributed by atoms with Crippen molar-refractivity contribution in [1.29, 1.82) is 0 Å². The topological polar surface area (TPSA) is 57.0 Å². The van der Waals surface area contributed by atoms with Gasteiger partial charge in [0.1, 0.15) is 28.0 Å². The zero-order valence-electron chi connectivity index (χ0n) is 28.3. The van der Waals surface area contributed by atoms with E-state index in [2.05, 4.69) is 128 Å². The molecule has 0 aliphatic heterocycles. The highest BCUT2D eigenvalue weighted by Gasteiger charge is 2.36. The molecular formula is C47H27N3O2. The zero-order chi connectivity index (χ0) is 34.0. The van der Waals surface area contributed by atoms with Gasteiger partial charge in [-0.1, -0.05) is 98.8 Å². The summed E-state index contributed by atoms with van der Waals surface area (Å²) in [5.74, 6) is 0.613. The minimum Gasteiger partial charge on any atom is -0.456 e. The van der Waals surface area contributed by atoms with Crippen molar-refractivity contribution in [3.8, 4) is 39.5 Å². The SMILES string of the molecule is CC1(C)c2ccccc2-c2ccc(-c3nc(-n4c5ccc6cccc7c6c5c5c6c(ccc54)oc4cccc-7c46)nc4c3oc3ccccc34)cc21. The van der Waals surface area contributed by atoms with Crippen LogP contribution in [-0.4, -0.2) is 14.5 Å². The molecule has 242 valence electrons. The van der Waals surface area contributed by atoms with Crippen LogP contribution in [0.1, 0.15) is 25.0 Å². The van der Waals surface area contributed by atoms with Crippen LogP contribution in [0, 0.1) is 0 Å². The molecule has 0 saturated carbocycles. The third-order valence-electron chi connectivity index (χ3n) is 12.0. The highest BCUT2D eigenvalue weighted by molar-refractivity contribution is 6.38. The lowest BCUT2D eigenvalue weighted by atomic mass is 9.82. The van der Waals surface area contributed by atoms with E-state index >= 15 is 0 Å². The summed E-state index contributed by atoms with van der Waals surface area (Å²) in [6, 6.07) is 45.5. The van der Waals surface area contributed by atoms with Crippen molar-refractivity contribution in [1.82, 2.24) is 14.5 Å². The summed E-state index contributed by atoms with van der Waals surface area (Å²) in [6.07, 6.45) is 0. The fourth-order valence-corrected chi connectivity index (χ4v) is 9.67. The first-order valence-electron chi connectivity index (χ1n) is 17.8. The van der Waals surface area contributed by atoms with Gasteiger partial charge in [0, 0.05) is 37.9 Å². The van der Waals surface area contributed by atoms with Crippen LogP contribution in [0.2, 0.25) is 0 Å². The number of furan rings is 2. The molecule has 13 rings (SSSR count). The van der Waals surface area contributed by atoms with Crippen molar-refractivity contribution >= 4 is 76.6 Å². The van der Waals surface area contributed by atoms with E-state index < -0.39 is 0 Å². The molecule has 2 aliphatic rings. The Bertz CT molecular complexity index is 3450. The fraction of sp³-hybridized carbons (Fsp3) is 0.0638. The number of rotatable bonds is 2. The van der Waals surface area contributed by atoms with E-state index in [4.69, 9.17) is 18.8 Å². The third-order valence-corrected chi connectivity index (χ3v) is 12.0. The van der Waals surface area contributed by atoms with E-state index in [0.717, 1.165) is 60.7 Å². The van der Waals surface area contributed by atoms with Crippen molar-refractivity contribution in [2.75, 3.05) is 0 Å². The molecule has 0 atom stereocenters. The van der Waals surface area contributed by atoms with Crippen LogP contribution < -0.4 is 0 Å². The Morgan fingerprint density at radius 1 is 0.519 bits per heavy atom. The summed E-state index contributed by atoms with van der Waals surface area (Å²) in [5.41, 5.74) is 15.5. The molecule has 4 heterocycles. The number of benzene rings is 7.